The van der Waals surface area contributed by atoms with Crippen LogP contribution in [0.15, 0.2) is 23.2 Å². The monoisotopic (exact) mass is 284 g/mol. The second-order valence-corrected chi connectivity index (χ2v) is 6.78. The van der Waals surface area contributed by atoms with E-state index in [1.165, 1.54) is 6.20 Å². The van der Waals surface area contributed by atoms with E-state index in [0.29, 0.717) is 24.9 Å². The van der Waals surface area contributed by atoms with Gasteiger partial charge in [-0.1, -0.05) is 6.92 Å². The van der Waals surface area contributed by atoms with Crippen molar-refractivity contribution in [1.29, 1.82) is 0 Å². The minimum Gasteiger partial charge on any atom is -0.478 e. The van der Waals surface area contributed by atoms with E-state index in [1.54, 1.807) is 16.4 Å². The van der Waals surface area contributed by atoms with Crippen molar-refractivity contribution >= 4 is 10.0 Å². The van der Waals surface area contributed by atoms with Crippen molar-refractivity contribution in [2.45, 2.75) is 38.1 Å². The molecule has 5 nitrogen and oxygen atoms in total. The first-order valence-corrected chi connectivity index (χ1v) is 8.01. The van der Waals surface area contributed by atoms with Crippen LogP contribution in [-0.2, 0) is 10.0 Å². The van der Waals surface area contributed by atoms with Crippen LogP contribution in [0.4, 0.5) is 0 Å². The predicted octanol–water partition coefficient (Wildman–Crippen LogP) is 1.90. The Bertz CT molecular complexity index is 527. The van der Waals surface area contributed by atoms with Gasteiger partial charge in [0.05, 0.1) is 12.8 Å². The van der Waals surface area contributed by atoms with Gasteiger partial charge in [-0.05, 0) is 32.3 Å². The predicted molar refractivity (Wildman–Crippen MR) is 72.5 cm³/mol. The van der Waals surface area contributed by atoms with E-state index in [0.717, 1.165) is 6.42 Å². The lowest BCUT2D eigenvalue weighted by Crippen LogP contribution is -2.35. The maximum absolute atomic E-state index is 12.5. The van der Waals surface area contributed by atoms with Crippen LogP contribution < -0.4 is 4.74 Å². The zero-order valence-corrected chi connectivity index (χ0v) is 12.4. The number of aromatic nitrogens is 1. The number of hydrogen-bond donors (Lipinski definition) is 0. The summed E-state index contributed by atoms with van der Waals surface area (Å²) in [7, 11) is -3.44. The van der Waals surface area contributed by atoms with Crippen LogP contribution in [-0.4, -0.2) is 36.9 Å². The summed E-state index contributed by atoms with van der Waals surface area (Å²) < 4.78 is 31.8. The van der Waals surface area contributed by atoms with Gasteiger partial charge < -0.3 is 4.74 Å². The Balaban J connectivity index is 2.24. The molecule has 0 amide bonds. The average molecular weight is 284 g/mol. The van der Waals surface area contributed by atoms with Gasteiger partial charge in [-0.3, -0.25) is 0 Å². The fraction of sp³-hybridized carbons (Fsp3) is 0.615. The van der Waals surface area contributed by atoms with E-state index < -0.39 is 10.0 Å². The molecule has 19 heavy (non-hydrogen) atoms. The molecule has 0 spiro atoms. The molecule has 106 valence electrons. The van der Waals surface area contributed by atoms with Gasteiger partial charge in [0.15, 0.2) is 0 Å². The van der Waals surface area contributed by atoms with Crippen LogP contribution in [0, 0.1) is 5.92 Å². The lowest BCUT2D eigenvalue weighted by Gasteiger charge is -2.22. The molecule has 2 atom stereocenters. The second kappa shape index (κ2) is 5.46. The first kappa shape index (κ1) is 14.3. The molecule has 1 aliphatic rings. The highest BCUT2D eigenvalue weighted by molar-refractivity contribution is 7.89. The molecule has 0 radical (unpaired) electrons. The summed E-state index contributed by atoms with van der Waals surface area (Å²) in [6.07, 6.45) is 2.28. The first-order valence-electron chi connectivity index (χ1n) is 6.57. The van der Waals surface area contributed by atoms with E-state index in [2.05, 4.69) is 11.9 Å². The average Bonchev–Trinajstić information content (AvgIpc) is 2.72. The van der Waals surface area contributed by atoms with Crippen LogP contribution in [0.2, 0.25) is 0 Å². The Labute approximate surface area is 114 Å². The Kier molecular flexibility index (Phi) is 4.10. The topological polar surface area (TPSA) is 59.5 Å². The van der Waals surface area contributed by atoms with Crippen molar-refractivity contribution in [2.24, 2.45) is 5.92 Å². The standard InChI is InChI=1S/C13H20N2O3S/c1-4-18-13-6-5-12(9-14-13)19(16,17)15-8-7-10(2)11(15)3/h5-6,9-11H,4,7-8H2,1-3H3/t10-,11-/m1/s1. The van der Waals surface area contributed by atoms with Gasteiger partial charge in [0.1, 0.15) is 4.90 Å². The summed E-state index contributed by atoms with van der Waals surface area (Å²) in [6, 6.07) is 3.19. The highest BCUT2D eigenvalue weighted by atomic mass is 32.2. The third-order valence-corrected chi connectivity index (χ3v) is 5.66. The van der Waals surface area contributed by atoms with E-state index in [4.69, 9.17) is 4.74 Å². The molecule has 6 heteroatoms. The van der Waals surface area contributed by atoms with Crippen molar-refractivity contribution in [3.05, 3.63) is 18.3 Å². The molecule has 2 rings (SSSR count). The molecule has 0 unspecified atom stereocenters. The molecular weight excluding hydrogens is 264 g/mol. The third kappa shape index (κ3) is 2.74. The van der Waals surface area contributed by atoms with Gasteiger partial charge in [-0.2, -0.15) is 4.31 Å². The Hall–Kier alpha value is -1.14. The highest BCUT2D eigenvalue weighted by Gasteiger charge is 2.36. The van der Waals surface area contributed by atoms with Crippen LogP contribution >= 0.6 is 0 Å². The molecular formula is C13H20N2O3S. The molecule has 1 fully saturated rings. The fourth-order valence-corrected chi connectivity index (χ4v) is 3.97. The Morgan fingerprint density at radius 1 is 1.42 bits per heavy atom. The quantitative estimate of drug-likeness (QED) is 0.847. The van der Waals surface area contributed by atoms with Gasteiger partial charge in [-0.25, -0.2) is 13.4 Å². The molecule has 1 aliphatic heterocycles. The van der Waals surface area contributed by atoms with Gasteiger partial charge in [0.2, 0.25) is 15.9 Å². The largest absolute Gasteiger partial charge is 0.478 e. The summed E-state index contributed by atoms with van der Waals surface area (Å²) in [5, 5.41) is 0. The molecule has 0 N–H and O–H groups in total. The molecule has 1 aromatic heterocycles. The van der Waals surface area contributed by atoms with Crippen molar-refractivity contribution in [3.8, 4) is 5.88 Å². The maximum atomic E-state index is 12.5. The number of rotatable bonds is 4. The van der Waals surface area contributed by atoms with Gasteiger partial charge in [0, 0.05) is 18.7 Å². The van der Waals surface area contributed by atoms with Gasteiger partial charge in [0.25, 0.3) is 0 Å². The van der Waals surface area contributed by atoms with Crippen LogP contribution in [0.5, 0.6) is 5.88 Å². The summed E-state index contributed by atoms with van der Waals surface area (Å²) >= 11 is 0. The van der Waals surface area contributed by atoms with Crippen LogP contribution in [0.25, 0.3) is 0 Å². The van der Waals surface area contributed by atoms with E-state index >= 15 is 0 Å². The normalized spacial score (nSPS) is 24.6. The smallest absolute Gasteiger partial charge is 0.244 e. The van der Waals surface area contributed by atoms with Crippen molar-refractivity contribution in [2.75, 3.05) is 13.2 Å². The Morgan fingerprint density at radius 3 is 2.63 bits per heavy atom. The molecule has 0 aliphatic carbocycles. The summed E-state index contributed by atoms with van der Waals surface area (Å²) in [5.74, 6) is 0.842. The molecule has 2 heterocycles. The van der Waals surface area contributed by atoms with Gasteiger partial charge in [-0.15, -0.1) is 0 Å². The summed E-state index contributed by atoms with van der Waals surface area (Å²) in [4.78, 5) is 4.26. The zero-order chi connectivity index (χ0) is 14.0. The van der Waals surface area contributed by atoms with Crippen LogP contribution in [0.1, 0.15) is 27.2 Å². The maximum Gasteiger partial charge on any atom is 0.244 e. The number of hydrogen-bond acceptors (Lipinski definition) is 4. The SMILES string of the molecule is CCOc1ccc(S(=O)(=O)N2CC[C@@H](C)[C@H]2C)cn1. The zero-order valence-electron chi connectivity index (χ0n) is 11.5. The van der Waals surface area contributed by atoms with Gasteiger partial charge >= 0.3 is 0 Å². The number of pyridine rings is 1. The number of ether oxygens (including phenoxy) is 1. The van der Waals surface area contributed by atoms with Crippen molar-refractivity contribution in [3.63, 3.8) is 0 Å². The van der Waals surface area contributed by atoms with Crippen molar-refractivity contribution in [1.82, 2.24) is 9.29 Å². The van der Waals surface area contributed by atoms with E-state index in [1.807, 2.05) is 13.8 Å². The van der Waals surface area contributed by atoms with E-state index in [-0.39, 0.29) is 10.9 Å². The fourth-order valence-electron chi connectivity index (χ4n) is 2.29. The lowest BCUT2D eigenvalue weighted by atomic mass is 10.1. The number of sulfonamides is 1. The highest BCUT2D eigenvalue weighted by Crippen LogP contribution is 2.29. The first-order chi connectivity index (χ1) is 8.96. The molecule has 0 aromatic carbocycles. The third-order valence-electron chi connectivity index (χ3n) is 3.69. The summed E-state index contributed by atoms with van der Waals surface area (Å²) in [6.45, 7) is 6.99. The molecule has 0 saturated carbocycles. The second-order valence-electron chi connectivity index (χ2n) is 4.89. The lowest BCUT2D eigenvalue weighted by molar-refractivity contribution is 0.326. The van der Waals surface area contributed by atoms with Crippen LogP contribution in [0.3, 0.4) is 0 Å². The minimum atomic E-state index is -3.44. The molecule has 1 aromatic rings. The summed E-state index contributed by atoms with van der Waals surface area (Å²) in [5.41, 5.74) is 0. The van der Waals surface area contributed by atoms with Crippen molar-refractivity contribution < 1.29 is 13.2 Å². The molecule has 0 bridgehead atoms. The van der Waals surface area contributed by atoms with E-state index in [9.17, 15) is 8.42 Å². The molecule has 1 saturated heterocycles. The minimum absolute atomic E-state index is 0.0385. The Morgan fingerprint density at radius 2 is 2.16 bits per heavy atom. The number of nitrogens with zero attached hydrogens (tertiary/aromatic N) is 2.